The topological polar surface area (TPSA) is 42.5 Å². The van der Waals surface area contributed by atoms with Crippen LogP contribution < -0.4 is 20.1 Å². The van der Waals surface area contributed by atoms with E-state index in [2.05, 4.69) is 23.6 Å². The summed E-state index contributed by atoms with van der Waals surface area (Å²) in [6.45, 7) is 3.07. The van der Waals surface area contributed by atoms with Gasteiger partial charge in [-0.1, -0.05) is 0 Å². The molecule has 102 valence electrons. The fraction of sp³-hybridized carbons (Fsp3) is 0.571. The van der Waals surface area contributed by atoms with E-state index in [0.717, 1.165) is 24.5 Å². The summed E-state index contributed by atoms with van der Waals surface area (Å²) in [4.78, 5) is 0. The van der Waals surface area contributed by atoms with Crippen LogP contribution in [0.1, 0.15) is 23.6 Å². The average molecular weight is 252 g/mol. The molecule has 0 heterocycles. The second-order valence-electron chi connectivity index (χ2n) is 4.30. The predicted octanol–water partition coefficient (Wildman–Crippen LogP) is 1.88. The van der Waals surface area contributed by atoms with E-state index in [4.69, 9.17) is 9.47 Å². The standard InChI is InChI=1S/C14H24N2O2/c1-10-8-13(17-4)14(18-5)9-11(10)12(16-3)6-7-15-2/h8-9,12,15-16H,6-7H2,1-5H3. The minimum atomic E-state index is 0.317. The van der Waals surface area contributed by atoms with Gasteiger partial charge in [0.15, 0.2) is 11.5 Å². The summed E-state index contributed by atoms with van der Waals surface area (Å²) in [5.74, 6) is 1.56. The Kier molecular flexibility index (Phi) is 5.95. The van der Waals surface area contributed by atoms with E-state index in [0.29, 0.717) is 6.04 Å². The molecule has 0 radical (unpaired) electrons. The maximum atomic E-state index is 5.36. The Bertz CT molecular complexity index is 380. The molecule has 0 aliphatic rings. The molecule has 1 rings (SSSR count). The molecule has 0 bridgehead atoms. The van der Waals surface area contributed by atoms with Crippen molar-refractivity contribution in [1.82, 2.24) is 10.6 Å². The van der Waals surface area contributed by atoms with Gasteiger partial charge in [-0.25, -0.2) is 0 Å². The molecule has 0 fully saturated rings. The Morgan fingerprint density at radius 1 is 1.11 bits per heavy atom. The quantitative estimate of drug-likeness (QED) is 0.777. The highest BCUT2D eigenvalue weighted by molar-refractivity contribution is 5.48. The molecule has 18 heavy (non-hydrogen) atoms. The van der Waals surface area contributed by atoms with Gasteiger partial charge in [0.2, 0.25) is 0 Å². The number of benzene rings is 1. The van der Waals surface area contributed by atoms with Gasteiger partial charge in [-0.05, 0) is 57.2 Å². The first-order valence-electron chi connectivity index (χ1n) is 6.22. The largest absolute Gasteiger partial charge is 0.493 e. The minimum absolute atomic E-state index is 0.317. The van der Waals surface area contributed by atoms with Crippen molar-refractivity contribution < 1.29 is 9.47 Å². The van der Waals surface area contributed by atoms with Crippen LogP contribution in [0, 0.1) is 6.92 Å². The highest BCUT2D eigenvalue weighted by Crippen LogP contribution is 2.33. The summed E-state index contributed by atoms with van der Waals surface area (Å²) in [6.07, 6.45) is 1.03. The molecule has 0 aromatic heterocycles. The lowest BCUT2D eigenvalue weighted by Crippen LogP contribution is -2.22. The molecule has 1 aromatic rings. The summed E-state index contributed by atoms with van der Waals surface area (Å²) in [6, 6.07) is 4.40. The van der Waals surface area contributed by atoms with Gasteiger partial charge in [0, 0.05) is 6.04 Å². The number of hydrogen-bond acceptors (Lipinski definition) is 4. The molecule has 0 spiro atoms. The molecule has 4 nitrogen and oxygen atoms in total. The summed E-state index contributed by atoms with van der Waals surface area (Å²) in [5.41, 5.74) is 2.47. The molecule has 0 amide bonds. The number of nitrogens with one attached hydrogen (secondary N) is 2. The SMILES string of the molecule is CNCCC(NC)c1cc(OC)c(OC)cc1C. The molecule has 4 heteroatoms. The smallest absolute Gasteiger partial charge is 0.161 e. The predicted molar refractivity (Wildman–Crippen MR) is 74.6 cm³/mol. The van der Waals surface area contributed by atoms with Crippen LogP contribution in [-0.2, 0) is 0 Å². The number of ether oxygens (including phenoxy) is 2. The Morgan fingerprint density at radius 2 is 1.72 bits per heavy atom. The van der Waals surface area contributed by atoms with E-state index in [1.165, 1.54) is 11.1 Å². The molecule has 0 saturated carbocycles. The number of methoxy groups -OCH3 is 2. The van der Waals surface area contributed by atoms with E-state index >= 15 is 0 Å². The third-order valence-electron chi connectivity index (χ3n) is 3.18. The Labute approximate surface area is 110 Å². The van der Waals surface area contributed by atoms with Crippen molar-refractivity contribution in [3.63, 3.8) is 0 Å². The second kappa shape index (κ2) is 7.24. The van der Waals surface area contributed by atoms with Crippen LogP contribution in [0.4, 0.5) is 0 Å². The lowest BCUT2D eigenvalue weighted by Gasteiger charge is -2.20. The highest BCUT2D eigenvalue weighted by atomic mass is 16.5. The van der Waals surface area contributed by atoms with Gasteiger partial charge in [0.25, 0.3) is 0 Å². The fourth-order valence-electron chi connectivity index (χ4n) is 2.12. The van der Waals surface area contributed by atoms with E-state index in [9.17, 15) is 0 Å². The van der Waals surface area contributed by atoms with Crippen LogP contribution in [0.3, 0.4) is 0 Å². The lowest BCUT2D eigenvalue weighted by molar-refractivity contribution is 0.353. The van der Waals surface area contributed by atoms with Crippen molar-refractivity contribution >= 4 is 0 Å². The number of rotatable bonds is 7. The van der Waals surface area contributed by atoms with Crippen LogP contribution in [0.15, 0.2) is 12.1 Å². The molecular formula is C14H24N2O2. The van der Waals surface area contributed by atoms with Gasteiger partial charge in [-0.15, -0.1) is 0 Å². The lowest BCUT2D eigenvalue weighted by atomic mass is 9.98. The van der Waals surface area contributed by atoms with Crippen LogP contribution in [0.5, 0.6) is 11.5 Å². The summed E-state index contributed by atoms with van der Waals surface area (Å²) >= 11 is 0. The van der Waals surface area contributed by atoms with Gasteiger partial charge < -0.3 is 20.1 Å². The van der Waals surface area contributed by atoms with Crippen molar-refractivity contribution in [2.45, 2.75) is 19.4 Å². The first-order valence-corrected chi connectivity index (χ1v) is 6.22. The molecule has 1 unspecified atom stereocenters. The van der Waals surface area contributed by atoms with Crippen molar-refractivity contribution in [2.24, 2.45) is 0 Å². The van der Waals surface area contributed by atoms with Crippen molar-refractivity contribution in [3.8, 4) is 11.5 Å². The van der Waals surface area contributed by atoms with E-state index < -0.39 is 0 Å². The average Bonchev–Trinajstić information content (AvgIpc) is 2.40. The molecular weight excluding hydrogens is 228 g/mol. The highest BCUT2D eigenvalue weighted by Gasteiger charge is 2.15. The van der Waals surface area contributed by atoms with E-state index in [1.807, 2.05) is 20.2 Å². The normalized spacial score (nSPS) is 12.3. The number of hydrogen-bond donors (Lipinski definition) is 2. The molecule has 2 N–H and O–H groups in total. The summed E-state index contributed by atoms with van der Waals surface area (Å²) in [7, 11) is 7.27. The molecule has 1 atom stereocenters. The van der Waals surface area contributed by atoms with Gasteiger partial charge in [0.05, 0.1) is 14.2 Å². The van der Waals surface area contributed by atoms with Gasteiger partial charge in [-0.3, -0.25) is 0 Å². The molecule has 0 saturated heterocycles. The second-order valence-corrected chi connectivity index (χ2v) is 4.30. The minimum Gasteiger partial charge on any atom is -0.493 e. The van der Waals surface area contributed by atoms with Crippen molar-refractivity contribution in [1.29, 1.82) is 0 Å². The Morgan fingerprint density at radius 3 is 2.22 bits per heavy atom. The van der Waals surface area contributed by atoms with Crippen LogP contribution in [-0.4, -0.2) is 34.9 Å². The van der Waals surface area contributed by atoms with Crippen molar-refractivity contribution in [2.75, 3.05) is 34.9 Å². The first kappa shape index (κ1) is 14.8. The molecule has 0 aliphatic carbocycles. The zero-order valence-electron chi connectivity index (χ0n) is 12.0. The number of aryl methyl sites for hydroxylation is 1. The Balaban J connectivity index is 3.06. The Hall–Kier alpha value is -1.26. The van der Waals surface area contributed by atoms with Gasteiger partial charge in [0.1, 0.15) is 0 Å². The van der Waals surface area contributed by atoms with Crippen LogP contribution in [0.2, 0.25) is 0 Å². The van der Waals surface area contributed by atoms with Crippen molar-refractivity contribution in [3.05, 3.63) is 23.3 Å². The first-order chi connectivity index (χ1) is 8.67. The third kappa shape index (κ3) is 3.37. The summed E-state index contributed by atoms with van der Waals surface area (Å²) in [5, 5.41) is 6.52. The fourth-order valence-corrected chi connectivity index (χ4v) is 2.12. The van der Waals surface area contributed by atoms with Crippen LogP contribution in [0.25, 0.3) is 0 Å². The maximum Gasteiger partial charge on any atom is 0.161 e. The van der Waals surface area contributed by atoms with E-state index in [-0.39, 0.29) is 0 Å². The van der Waals surface area contributed by atoms with Gasteiger partial charge in [-0.2, -0.15) is 0 Å². The summed E-state index contributed by atoms with van der Waals surface area (Å²) < 4.78 is 10.7. The monoisotopic (exact) mass is 252 g/mol. The zero-order valence-corrected chi connectivity index (χ0v) is 12.0. The maximum absolute atomic E-state index is 5.36. The molecule has 1 aromatic carbocycles. The zero-order chi connectivity index (χ0) is 13.5. The molecule has 0 aliphatic heterocycles. The van der Waals surface area contributed by atoms with Gasteiger partial charge >= 0.3 is 0 Å². The van der Waals surface area contributed by atoms with Crippen LogP contribution >= 0.6 is 0 Å². The van der Waals surface area contributed by atoms with E-state index in [1.54, 1.807) is 14.2 Å². The third-order valence-corrected chi connectivity index (χ3v) is 3.18.